The van der Waals surface area contributed by atoms with Crippen LogP contribution in [-0.4, -0.2) is 26.5 Å². The standard InChI is InChI=1S/C11H11N3O2/c12-5-4-9(15)11(16)8-3-1-2-7-6-13-14-10(7)8/h1-3,6,9,11,15-16H,4H2,(H,13,14). The van der Waals surface area contributed by atoms with Gasteiger partial charge < -0.3 is 10.2 Å². The fraction of sp³-hybridized carbons (Fsp3) is 0.273. The number of aromatic nitrogens is 2. The van der Waals surface area contributed by atoms with Crippen molar-refractivity contribution in [3.8, 4) is 6.07 Å². The van der Waals surface area contributed by atoms with Crippen molar-refractivity contribution >= 4 is 10.9 Å². The van der Waals surface area contributed by atoms with E-state index in [0.29, 0.717) is 11.1 Å². The number of hydrogen-bond acceptors (Lipinski definition) is 4. The van der Waals surface area contributed by atoms with Gasteiger partial charge in [0.15, 0.2) is 0 Å². The van der Waals surface area contributed by atoms with E-state index in [-0.39, 0.29) is 6.42 Å². The minimum atomic E-state index is -1.08. The summed E-state index contributed by atoms with van der Waals surface area (Å²) in [4.78, 5) is 0. The third-order valence-electron chi connectivity index (χ3n) is 2.49. The number of nitriles is 1. The molecule has 82 valence electrons. The van der Waals surface area contributed by atoms with Gasteiger partial charge in [0, 0.05) is 10.9 Å². The number of aromatic amines is 1. The maximum Gasteiger partial charge on any atom is 0.108 e. The van der Waals surface area contributed by atoms with Crippen LogP contribution in [0.2, 0.25) is 0 Å². The number of aliphatic hydroxyl groups excluding tert-OH is 2. The van der Waals surface area contributed by atoms with E-state index in [9.17, 15) is 10.2 Å². The van der Waals surface area contributed by atoms with Crippen molar-refractivity contribution in [2.24, 2.45) is 0 Å². The fourth-order valence-corrected chi connectivity index (χ4v) is 1.65. The SMILES string of the molecule is N#CCC(O)C(O)c1cccc2cn[nH]c12. The normalized spacial score (nSPS) is 14.6. The molecule has 1 aromatic carbocycles. The van der Waals surface area contributed by atoms with Gasteiger partial charge in [0.25, 0.3) is 0 Å². The number of aliphatic hydroxyl groups is 2. The number of para-hydroxylation sites is 1. The molecule has 2 aromatic rings. The van der Waals surface area contributed by atoms with E-state index in [1.807, 2.05) is 12.1 Å². The van der Waals surface area contributed by atoms with Crippen molar-refractivity contribution < 1.29 is 10.2 Å². The number of fused-ring (bicyclic) bond motifs is 1. The van der Waals surface area contributed by atoms with Gasteiger partial charge in [0.2, 0.25) is 0 Å². The second kappa shape index (κ2) is 4.31. The van der Waals surface area contributed by atoms with Gasteiger partial charge >= 0.3 is 0 Å². The lowest BCUT2D eigenvalue weighted by Gasteiger charge is -2.15. The average Bonchev–Trinajstić information content (AvgIpc) is 2.76. The highest BCUT2D eigenvalue weighted by Crippen LogP contribution is 2.25. The van der Waals surface area contributed by atoms with Crippen LogP contribution in [0.25, 0.3) is 10.9 Å². The van der Waals surface area contributed by atoms with E-state index in [1.165, 1.54) is 0 Å². The summed E-state index contributed by atoms with van der Waals surface area (Å²) in [6.45, 7) is 0. The topological polar surface area (TPSA) is 92.9 Å². The molecule has 2 rings (SSSR count). The highest BCUT2D eigenvalue weighted by Gasteiger charge is 2.20. The maximum atomic E-state index is 9.89. The molecule has 0 fully saturated rings. The number of hydrogen-bond donors (Lipinski definition) is 3. The second-order valence-corrected chi connectivity index (χ2v) is 3.56. The largest absolute Gasteiger partial charge is 0.389 e. The lowest BCUT2D eigenvalue weighted by atomic mass is 10.0. The molecule has 1 heterocycles. The van der Waals surface area contributed by atoms with Crippen LogP contribution in [0.5, 0.6) is 0 Å². The molecule has 3 N–H and O–H groups in total. The Morgan fingerprint density at radius 1 is 1.44 bits per heavy atom. The fourth-order valence-electron chi connectivity index (χ4n) is 1.65. The van der Waals surface area contributed by atoms with E-state index in [1.54, 1.807) is 18.3 Å². The Morgan fingerprint density at radius 2 is 2.25 bits per heavy atom. The smallest absolute Gasteiger partial charge is 0.108 e. The first kappa shape index (κ1) is 10.6. The molecule has 0 aliphatic rings. The molecule has 5 nitrogen and oxygen atoms in total. The first-order valence-corrected chi connectivity index (χ1v) is 4.89. The average molecular weight is 217 g/mol. The molecule has 2 unspecified atom stereocenters. The Hall–Kier alpha value is -1.90. The van der Waals surface area contributed by atoms with Crippen molar-refractivity contribution in [3.05, 3.63) is 30.0 Å². The Labute approximate surface area is 92.0 Å². The Kier molecular flexibility index (Phi) is 2.86. The first-order valence-electron chi connectivity index (χ1n) is 4.89. The Balaban J connectivity index is 2.39. The molecule has 2 atom stereocenters. The molecule has 1 aromatic heterocycles. The zero-order valence-corrected chi connectivity index (χ0v) is 8.46. The van der Waals surface area contributed by atoms with Gasteiger partial charge in [-0.1, -0.05) is 18.2 Å². The van der Waals surface area contributed by atoms with Gasteiger partial charge in [-0.25, -0.2) is 0 Å². The number of benzene rings is 1. The summed E-state index contributed by atoms with van der Waals surface area (Å²) in [6, 6.07) is 7.15. The second-order valence-electron chi connectivity index (χ2n) is 3.56. The molecule has 5 heteroatoms. The predicted octanol–water partition coefficient (Wildman–Crippen LogP) is 0.871. The van der Waals surface area contributed by atoms with Crippen LogP contribution in [-0.2, 0) is 0 Å². The van der Waals surface area contributed by atoms with Crippen molar-refractivity contribution in [1.82, 2.24) is 10.2 Å². The molecule has 16 heavy (non-hydrogen) atoms. The van der Waals surface area contributed by atoms with E-state index >= 15 is 0 Å². The van der Waals surface area contributed by atoms with Crippen LogP contribution >= 0.6 is 0 Å². The summed E-state index contributed by atoms with van der Waals surface area (Å²) in [5, 5.41) is 35.4. The van der Waals surface area contributed by atoms with Gasteiger partial charge in [0.05, 0.1) is 30.3 Å². The highest BCUT2D eigenvalue weighted by molar-refractivity contribution is 5.81. The molecule has 0 amide bonds. The zero-order chi connectivity index (χ0) is 11.5. The summed E-state index contributed by atoms with van der Waals surface area (Å²) in [5.41, 5.74) is 1.24. The third-order valence-corrected chi connectivity index (χ3v) is 2.49. The van der Waals surface area contributed by atoms with Crippen molar-refractivity contribution in [1.29, 1.82) is 5.26 Å². The molecule has 0 aliphatic carbocycles. The minimum Gasteiger partial charge on any atom is -0.389 e. The Bertz CT molecular complexity index is 529. The van der Waals surface area contributed by atoms with E-state index in [0.717, 1.165) is 5.39 Å². The van der Waals surface area contributed by atoms with Crippen LogP contribution in [0.15, 0.2) is 24.4 Å². The van der Waals surface area contributed by atoms with E-state index in [2.05, 4.69) is 10.2 Å². The van der Waals surface area contributed by atoms with Crippen LogP contribution in [0.3, 0.4) is 0 Å². The van der Waals surface area contributed by atoms with E-state index < -0.39 is 12.2 Å². The monoisotopic (exact) mass is 217 g/mol. The number of H-pyrrole nitrogens is 1. The summed E-state index contributed by atoms with van der Waals surface area (Å²) in [7, 11) is 0. The molecule has 0 bridgehead atoms. The van der Waals surface area contributed by atoms with Gasteiger partial charge in [-0.3, -0.25) is 5.10 Å². The van der Waals surface area contributed by atoms with Crippen LogP contribution < -0.4 is 0 Å². The van der Waals surface area contributed by atoms with Crippen LogP contribution in [0, 0.1) is 11.3 Å². The van der Waals surface area contributed by atoms with Crippen LogP contribution in [0.1, 0.15) is 18.1 Å². The maximum absolute atomic E-state index is 9.89. The summed E-state index contributed by atoms with van der Waals surface area (Å²) < 4.78 is 0. The summed E-state index contributed by atoms with van der Waals surface area (Å²) in [6.07, 6.45) is -0.629. The molecule has 0 aliphatic heterocycles. The van der Waals surface area contributed by atoms with Gasteiger partial charge in [-0.15, -0.1) is 0 Å². The molecule has 0 spiro atoms. The van der Waals surface area contributed by atoms with Crippen molar-refractivity contribution in [2.45, 2.75) is 18.6 Å². The van der Waals surface area contributed by atoms with Crippen molar-refractivity contribution in [2.75, 3.05) is 0 Å². The quantitative estimate of drug-likeness (QED) is 0.711. The first-order chi connectivity index (χ1) is 7.74. The number of nitrogens with zero attached hydrogens (tertiary/aromatic N) is 2. The van der Waals surface area contributed by atoms with Crippen molar-refractivity contribution in [3.63, 3.8) is 0 Å². The Morgan fingerprint density at radius 3 is 3.00 bits per heavy atom. The highest BCUT2D eigenvalue weighted by atomic mass is 16.3. The molecular weight excluding hydrogens is 206 g/mol. The van der Waals surface area contributed by atoms with Gasteiger partial charge in [0.1, 0.15) is 6.10 Å². The number of rotatable bonds is 3. The summed E-state index contributed by atoms with van der Waals surface area (Å²) in [5.74, 6) is 0. The minimum absolute atomic E-state index is 0.105. The van der Waals surface area contributed by atoms with Gasteiger partial charge in [-0.2, -0.15) is 10.4 Å². The molecule has 0 radical (unpaired) electrons. The molecular formula is C11H11N3O2. The number of nitrogens with one attached hydrogen (secondary N) is 1. The lowest BCUT2D eigenvalue weighted by Crippen LogP contribution is -2.17. The third kappa shape index (κ3) is 1.76. The zero-order valence-electron chi connectivity index (χ0n) is 8.46. The van der Waals surface area contributed by atoms with Crippen LogP contribution in [0.4, 0.5) is 0 Å². The van der Waals surface area contributed by atoms with Gasteiger partial charge in [-0.05, 0) is 0 Å². The predicted molar refractivity (Wildman–Crippen MR) is 57.3 cm³/mol. The molecule has 0 saturated carbocycles. The van der Waals surface area contributed by atoms with E-state index in [4.69, 9.17) is 5.26 Å². The molecule has 0 saturated heterocycles. The lowest BCUT2D eigenvalue weighted by molar-refractivity contribution is 0.0224. The summed E-state index contributed by atoms with van der Waals surface area (Å²) >= 11 is 0.